The second-order valence-electron chi connectivity index (χ2n) is 2.93. The van der Waals surface area contributed by atoms with Gasteiger partial charge >= 0.3 is 0 Å². The van der Waals surface area contributed by atoms with Crippen molar-refractivity contribution in [2.24, 2.45) is 0 Å². The van der Waals surface area contributed by atoms with Gasteiger partial charge in [0.25, 0.3) is 0 Å². The number of nitrogens with zero attached hydrogens (tertiary/aromatic N) is 4. The minimum absolute atomic E-state index is 0.807. The molecule has 0 atom stereocenters. The molecule has 5 nitrogen and oxygen atoms in total. The molecule has 1 N–H and O–H groups in total. The second kappa shape index (κ2) is 4.56. The summed E-state index contributed by atoms with van der Waals surface area (Å²) in [7, 11) is 0. The van der Waals surface area contributed by atoms with E-state index in [2.05, 4.69) is 43.0 Å². The van der Waals surface area contributed by atoms with Gasteiger partial charge in [-0.3, -0.25) is 4.68 Å². The third kappa shape index (κ3) is 2.44. The quantitative estimate of drug-likeness (QED) is 0.881. The van der Waals surface area contributed by atoms with Gasteiger partial charge in [-0.2, -0.15) is 5.10 Å². The molecule has 0 saturated heterocycles. The van der Waals surface area contributed by atoms with E-state index in [1.807, 2.05) is 17.8 Å². The predicted molar refractivity (Wildman–Crippen MR) is 65.9 cm³/mol. The van der Waals surface area contributed by atoms with Gasteiger partial charge in [0.15, 0.2) is 0 Å². The number of anilines is 2. The molecule has 0 amide bonds. The lowest BCUT2D eigenvalue weighted by molar-refractivity contribution is 0.660. The molecule has 0 radical (unpaired) electrons. The molecule has 0 aromatic carbocycles. The van der Waals surface area contributed by atoms with Gasteiger partial charge in [0.2, 0.25) is 0 Å². The lowest BCUT2D eigenvalue weighted by Gasteiger charge is -2.02. The van der Waals surface area contributed by atoms with Gasteiger partial charge in [-0.05, 0) is 29.5 Å². The van der Waals surface area contributed by atoms with Crippen LogP contribution in [0.4, 0.5) is 11.5 Å². The first kappa shape index (κ1) is 10.3. The van der Waals surface area contributed by atoms with Crippen LogP contribution in [0.5, 0.6) is 0 Å². The first-order chi connectivity index (χ1) is 7.29. The molecule has 0 bridgehead atoms. The Bertz CT molecular complexity index is 453. The highest BCUT2D eigenvalue weighted by Crippen LogP contribution is 2.18. The van der Waals surface area contributed by atoms with Gasteiger partial charge in [-0.25, -0.2) is 9.97 Å². The highest BCUT2D eigenvalue weighted by Gasteiger charge is 2.02. The Hall–Kier alpha value is -1.18. The SMILES string of the molecule is CCn1cc(Nc2ncncc2I)cn1. The van der Waals surface area contributed by atoms with Crippen molar-refractivity contribution in [2.45, 2.75) is 13.5 Å². The summed E-state index contributed by atoms with van der Waals surface area (Å²) in [6.07, 6.45) is 7.01. The number of hydrogen-bond acceptors (Lipinski definition) is 4. The first-order valence-corrected chi connectivity index (χ1v) is 5.62. The zero-order valence-electron chi connectivity index (χ0n) is 8.18. The molecular weight excluding hydrogens is 305 g/mol. The van der Waals surface area contributed by atoms with Crippen molar-refractivity contribution in [3.05, 3.63) is 28.5 Å². The molecular formula is C9H10IN5. The Kier molecular flexibility index (Phi) is 3.14. The zero-order valence-corrected chi connectivity index (χ0v) is 10.3. The molecule has 0 fully saturated rings. The lowest BCUT2D eigenvalue weighted by atomic mass is 10.5. The number of aryl methyl sites for hydroxylation is 1. The number of halogens is 1. The van der Waals surface area contributed by atoms with Crippen LogP contribution in [-0.4, -0.2) is 19.7 Å². The van der Waals surface area contributed by atoms with Gasteiger partial charge in [0.05, 0.1) is 15.5 Å². The molecule has 0 unspecified atom stereocenters. The summed E-state index contributed by atoms with van der Waals surface area (Å²) in [6, 6.07) is 0. The van der Waals surface area contributed by atoms with Crippen molar-refractivity contribution >= 4 is 34.1 Å². The van der Waals surface area contributed by atoms with Crippen LogP contribution in [0.15, 0.2) is 24.9 Å². The van der Waals surface area contributed by atoms with Crippen LogP contribution >= 0.6 is 22.6 Å². The van der Waals surface area contributed by atoms with E-state index >= 15 is 0 Å². The number of hydrogen-bond donors (Lipinski definition) is 1. The second-order valence-corrected chi connectivity index (χ2v) is 4.09. The number of rotatable bonds is 3. The van der Waals surface area contributed by atoms with E-state index in [1.54, 1.807) is 12.4 Å². The predicted octanol–water partition coefficient (Wildman–Crippen LogP) is 2.04. The van der Waals surface area contributed by atoms with Crippen molar-refractivity contribution in [3.63, 3.8) is 0 Å². The van der Waals surface area contributed by atoms with Crippen LogP contribution in [-0.2, 0) is 6.54 Å². The molecule has 2 aromatic heterocycles. The van der Waals surface area contributed by atoms with Crippen molar-refractivity contribution < 1.29 is 0 Å². The van der Waals surface area contributed by atoms with Crippen LogP contribution in [0, 0.1) is 3.57 Å². The standard InChI is InChI=1S/C9H10IN5/c1-2-15-5-7(3-13-15)14-9-8(10)4-11-6-12-9/h3-6H,2H2,1H3,(H,11,12,14). The third-order valence-corrected chi connectivity index (χ3v) is 2.68. The van der Waals surface area contributed by atoms with Gasteiger partial charge < -0.3 is 5.32 Å². The average molecular weight is 315 g/mol. The Morgan fingerprint density at radius 2 is 2.33 bits per heavy atom. The summed E-state index contributed by atoms with van der Waals surface area (Å²) in [6.45, 7) is 2.91. The molecule has 15 heavy (non-hydrogen) atoms. The van der Waals surface area contributed by atoms with Gasteiger partial charge in [0, 0.05) is 18.9 Å². The molecule has 6 heteroatoms. The highest BCUT2D eigenvalue weighted by molar-refractivity contribution is 14.1. The summed E-state index contributed by atoms with van der Waals surface area (Å²) in [5, 5.41) is 7.35. The van der Waals surface area contributed by atoms with Gasteiger partial charge in [0.1, 0.15) is 12.1 Å². The molecule has 0 aliphatic carbocycles. The monoisotopic (exact) mass is 315 g/mol. The molecule has 0 aliphatic rings. The molecule has 78 valence electrons. The van der Waals surface area contributed by atoms with Crippen LogP contribution in [0.25, 0.3) is 0 Å². The fourth-order valence-electron chi connectivity index (χ4n) is 1.14. The topological polar surface area (TPSA) is 55.6 Å². The number of nitrogens with one attached hydrogen (secondary N) is 1. The Balaban J connectivity index is 2.18. The summed E-state index contributed by atoms with van der Waals surface area (Å²) in [5.74, 6) is 0.807. The maximum Gasteiger partial charge on any atom is 0.147 e. The Labute approximate surface area is 101 Å². The minimum Gasteiger partial charge on any atom is -0.337 e. The number of aromatic nitrogens is 4. The van der Waals surface area contributed by atoms with E-state index in [-0.39, 0.29) is 0 Å². The van der Waals surface area contributed by atoms with Crippen LogP contribution in [0.2, 0.25) is 0 Å². The largest absolute Gasteiger partial charge is 0.337 e. The van der Waals surface area contributed by atoms with E-state index in [0.717, 1.165) is 21.6 Å². The Morgan fingerprint density at radius 1 is 1.47 bits per heavy atom. The summed E-state index contributed by atoms with van der Waals surface area (Å²) >= 11 is 2.19. The van der Waals surface area contributed by atoms with Crippen molar-refractivity contribution in [2.75, 3.05) is 5.32 Å². The van der Waals surface area contributed by atoms with Crippen LogP contribution < -0.4 is 5.32 Å². The summed E-state index contributed by atoms with van der Waals surface area (Å²) in [5.41, 5.74) is 0.938. The van der Waals surface area contributed by atoms with E-state index in [0.29, 0.717) is 0 Å². The van der Waals surface area contributed by atoms with Crippen LogP contribution in [0.1, 0.15) is 6.92 Å². The van der Waals surface area contributed by atoms with Crippen molar-refractivity contribution in [1.82, 2.24) is 19.7 Å². The normalized spacial score (nSPS) is 10.3. The van der Waals surface area contributed by atoms with Crippen molar-refractivity contribution in [1.29, 1.82) is 0 Å². The van der Waals surface area contributed by atoms with E-state index in [9.17, 15) is 0 Å². The molecule has 2 rings (SSSR count). The molecule has 0 saturated carbocycles. The van der Waals surface area contributed by atoms with E-state index in [1.165, 1.54) is 6.33 Å². The highest BCUT2D eigenvalue weighted by atomic mass is 127. The maximum absolute atomic E-state index is 4.17. The Morgan fingerprint density at radius 3 is 3.00 bits per heavy atom. The molecule has 2 aromatic rings. The minimum atomic E-state index is 0.807. The van der Waals surface area contributed by atoms with Gasteiger partial charge in [-0.1, -0.05) is 0 Å². The average Bonchev–Trinajstić information content (AvgIpc) is 2.69. The van der Waals surface area contributed by atoms with Crippen molar-refractivity contribution in [3.8, 4) is 0 Å². The third-order valence-electron chi connectivity index (χ3n) is 1.89. The van der Waals surface area contributed by atoms with E-state index in [4.69, 9.17) is 0 Å². The zero-order chi connectivity index (χ0) is 10.7. The fraction of sp³-hybridized carbons (Fsp3) is 0.222. The maximum atomic E-state index is 4.17. The summed E-state index contributed by atoms with van der Waals surface area (Å²) in [4.78, 5) is 8.07. The van der Waals surface area contributed by atoms with Crippen LogP contribution in [0.3, 0.4) is 0 Å². The molecule has 0 spiro atoms. The molecule has 0 aliphatic heterocycles. The molecule has 2 heterocycles. The smallest absolute Gasteiger partial charge is 0.147 e. The lowest BCUT2D eigenvalue weighted by Crippen LogP contribution is -1.96. The first-order valence-electron chi connectivity index (χ1n) is 4.54. The fourth-order valence-corrected chi connectivity index (χ4v) is 1.58. The summed E-state index contributed by atoms with van der Waals surface area (Å²) < 4.78 is 2.84. The van der Waals surface area contributed by atoms with E-state index < -0.39 is 0 Å². The van der Waals surface area contributed by atoms with Gasteiger partial charge in [-0.15, -0.1) is 0 Å².